The molecule has 0 radical (unpaired) electrons. The van der Waals surface area contributed by atoms with E-state index in [1.54, 1.807) is 4.90 Å². The molecule has 0 unspecified atom stereocenters. The molecule has 1 amide bonds. The maximum Gasteiger partial charge on any atom is 0.408 e. The van der Waals surface area contributed by atoms with Gasteiger partial charge in [0.1, 0.15) is 0 Å². The van der Waals surface area contributed by atoms with Gasteiger partial charge in [-0.2, -0.15) is 0 Å². The van der Waals surface area contributed by atoms with Gasteiger partial charge in [0.05, 0.1) is 5.75 Å². The van der Waals surface area contributed by atoms with E-state index in [9.17, 15) is 18.3 Å². The van der Waals surface area contributed by atoms with E-state index in [1.165, 1.54) is 5.56 Å². The van der Waals surface area contributed by atoms with Crippen LogP contribution in [0.4, 0.5) is 4.79 Å². The van der Waals surface area contributed by atoms with E-state index in [2.05, 4.69) is 29.0 Å². The molecule has 1 aliphatic rings. The average molecular weight is 473 g/mol. The number of fused-ring (bicyclic) bond motifs is 1. The monoisotopic (exact) mass is 472 g/mol. The van der Waals surface area contributed by atoms with Crippen molar-refractivity contribution in [1.29, 1.82) is 0 Å². The zero-order chi connectivity index (χ0) is 24.2. The number of sulfonamides is 1. The summed E-state index contributed by atoms with van der Waals surface area (Å²) >= 11 is 0. The van der Waals surface area contributed by atoms with Crippen molar-refractivity contribution in [1.82, 2.24) is 9.62 Å². The first-order valence-electron chi connectivity index (χ1n) is 11.7. The summed E-state index contributed by atoms with van der Waals surface area (Å²) in [5.74, 6) is 0.0918. The molecule has 3 rings (SSSR count). The van der Waals surface area contributed by atoms with Crippen LogP contribution in [0.25, 0.3) is 0 Å². The van der Waals surface area contributed by atoms with Crippen LogP contribution in [0.2, 0.25) is 0 Å². The number of carboxylic acid groups (broad SMARTS) is 1. The van der Waals surface area contributed by atoms with Crippen molar-refractivity contribution in [3.05, 3.63) is 70.8 Å². The van der Waals surface area contributed by atoms with E-state index in [0.717, 1.165) is 36.0 Å². The summed E-state index contributed by atoms with van der Waals surface area (Å²) < 4.78 is 27.0. The number of hydrogen-bond donors (Lipinski definition) is 2. The molecule has 6 nitrogen and oxygen atoms in total. The van der Waals surface area contributed by atoms with Crippen molar-refractivity contribution in [2.45, 2.75) is 77.4 Å². The topological polar surface area (TPSA) is 86.7 Å². The minimum atomic E-state index is -3.30. The molecule has 0 fully saturated rings. The largest absolute Gasteiger partial charge is 0.465 e. The Morgan fingerprint density at radius 1 is 1.12 bits per heavy atom. The van der Waals surface area contributed by atoms with Gasteiger partial charge >= 0.3 is 6.09 Å². The van der Waals surface area contributed by atoms with Gasteiger partial charge in [0.25, 0.3) is 0 Å². The molecular formula is C26H36N2O4S. The van der Waals surface area contributed by atoms with Crippen LogP contribution in [-0.4, -0.2) is 41.9 Å². The molecule has 33 heavy (non-hydrogen) atoms. The maximum absolute atomic E-state index is 12.3. The van der Waals surface area contributed by atoms with Gasteiger partial charge in [-0.05, 0) is 68.7 Å². The van der Waals surface area contributed by atoms with E-state index in [4.69, 9.17) is 0 Å². The first-order chi connectivity index (χ1) is 15.5. The zero-order valence-electron chi connectivity index (χ0n) is 20.0. The van der Waals surface area contributed by atoms with Crippen LogP contribution in [0.15, 0.2) is 48.5 Å². The first-order valence-corrected chi connectivity index (χ1v) is 13.3. The molecule has 180 valence electrons. The summed E-state index contributed by atoms with van der Waals surface area (Å²) in [6.07, 6.45) is 1.95. The van der Waals surface area contributed by atoms with E-state index in [-0.39, 0.29) is 24.3 Å². The summed E-state index contributed by atoms with van der Waals surface area (Å²) in [4.78, 5) is 14.0. The highest BCUT2D eigenvalue weighted by Crippen LogP contribution is 2.40. The Labute approximate surface area is 198 Å². The molecule has 2 aromatic rings. The van der Waals surface area contributed by atoms with Gasteiger partial charge in [-0.25, -0.2) is 17.9 Å². The number of nitrogens with one attached hydrogen (secondary N) is 1. The smallest absolute Gasteiger partial charge is 0.408 e. The van der Waals surface area contributed by atoms with Gasteiger partial charge in [-0.3, -0.25) is 4.90 Å². The van der Waals surface area contributed by atoms with Crippen molar-refractivity contribution in [2.24, 2.45) is 0 Å². The van der Waals surface area contributed by atoms with Gasteiger partial charge in [-0.1, -0.05) is 55.5 Å². The number of carbonyl (C=O) groups is 1. The number of aryl methyl sites for hydroxylation is 1. The molecule has 0 heterocycles. The molecule has 0 aromatic heterocycles. The molecule has 7 heteroatoms. The highest BCUT2D eigenvalue weighted by Gasteiger charge is 2.40. The molecular weight excluding hydrogens is 436 g/mol. The van der Waals surface area contributed by atoms with Crippen LogP contribution in [0, 0.1) is 0 Å². The summed E-state index contributed by atoms with van der Waals surface area (Å²) in [6.45, 7) is 7.90. The van der Waals surface area contributed by atoms with Crippen LogP contribution in [0.5, 0.6) is 0 Å². The maximum atomic E-state index is 12.3. The highest BCUT2D eigenvalue weighted by molar-refractivity contribution is 7.89. The minimum absolute atomic E-state index is 0.0151. The van der Waals surface area contributed by atoms with E-state index in [1.807, 2.05) is 52.0 Å². The van der Waals surface area contributed by atoms with Crippen molar-refractivity contribution in [2.75, 3.05) is 5.75 Å². The summed E-state index contributed by atoms with van der Waals surface area (Å²) in [5.41, 5.74) is 3.86. The Balaban J connectivity index is 2.00. The van der Waals surface area contributed by atoms with Crippen LogP contribution < -0.4 is 4.72 Å². The fraction of sp³-hybridized carbons (Fsp3) is 0.500. The van der Waals surface area contributed by atoms with Gasteiger partial charge < -0.3 is 5.11 Å². The Bertz CT molecular complexity index is 1060. The first kappa shape index (κ1) is 25.2. The van der Waals surface area contributed by atoms with Gasteiger partial charge in [0, 0.05) is 24.0 Å². The SMILES string of the molecule is CCCS(=O)(=O)NCc1ccc2c(c1)[C@H](Cc1ccccc1)[C@H](N(C(=O)O)C(C)(C)C)CC2. The van der Waals surface area contributed by atoms with Crippen LogP contribution in [0.3, 0.4) is 0 Å². The summed E-state index contributed by atoms with van der Waals surface area (Å²) in [5, 5.41) is 10.1. The Morgan fingerprint density at radius 3 is 2.42 bits per heavy atom. The second-order valence-corrected chi connectivity index (χ2v) is 11.8. The van der Waals surface area contributed by atoms with Crippen LogP contribution >= 0.6 is 0 Å². The van der Waals surface area contributed by atoms with Crippen molar-refractivity contribution in [3.63, 3.8) is 0 Å². The van der Waals surface area contributed by atoms with Crippen molar-refractivity contribution < 1.29 is 18.3 Å². The minimum Gasteiger partial charge on any atom is -0.465 e. The quantitative estimate of drug-likeness (QED) is 0.570. The third-order valence-corrected chi connectivity index (χ3v) is 7.84. The molecule has 1 aliphatic carbocycles. The van der Waals surface area contributed by atoms with E-state index < -0.39 is 21.7 Å². The number of rotatable bonds is 8. The number of nitrogens with zero attached hydrogens (tertiary/aromatic N) is 1. The lowest BCUT2D eigenvalue weighted by molar-refractivity contribution is 0.0545. The standard InChI is InChI=1S/C26H36N2O4S/c1-5-15-33(31,32)27-18-20-11-12-21-13-14-24(28(25(29)30)26(2,3)4)23(22(21)17-20)16-19-9-7-6-8-10-19/h6-12,17,23-24,27H,5,13-16,18H2,1-4H3,(H,29,30)/t23-,24+/m0/s1. The van der Waals surface area contributed by atoms with Crippen molar-refractivity contribution in [3.8, 4) is 0 Å². The Hall–Kier alpha value is -2.38. The van der Waals surface area contributed by atoms with Gasteiger partial charge in [0.15, 0.2) is 0 Å². The normalized spacial score (nSPS) is 18.5. The Morgan fingerprint density at radius 2 is 1.82 bits per heavy atom. The summed E-state index contributed by atoms with van der Waals surface area (Å²) in [7, 11) is -3.30. The van der Waals surface area contributed by atoms with Crippen LogP contribution in [-0.2, 0) is 29.4 Å². The predicted octanol–water partition coefficient (Wildman–Crippen LogP) is 4.94. The zero-order valence-corrected chi connectivity index (χ0v) is 20.9. The van der Waals surface area contributed by atoms with Crippen LogP contribution in [0.1, 0.15) is 68.7 Å². The van der Waals surface area contributed by atoms with Gasteiger partial charge in [0.2, 0.25) is 10.0 Å². The lowest BCUT2D eigenvalue weighted by Gasteiger charge is -2.46. The van der Waals surface area contributed by atoms with E-state index >= 15 is 0 Å². The average Bonchev–Trinajstić information content (AvgIpc) is 2.73. The number of hydrogen-bond acceptors (Lipinski definition) is 3. The second kappa shape index (κ2) is 10.3. The number of benzene rings is 2. The highest BCUT2D eigenvalue weighted by atomic mass is 32.2. The molecule has 2 N–H and O–H groups in total. The second-order valence-electron chi connectivity index (χ2n) is 9.90. The molecule has 2 aromatic carbocycles. The molecule has 0 spiro atoms. The lowest BCUT2D eigenvalue weighted by atomic mass is 9.74. The van der Waals surface area contributed by atoms with Crippen molar-refractivity contribution >= 4 is 16.1 Å². The molecule has 0 saturated carbocycles. The van der Waals surface area contributed by atoms with Gasteiger partial charge in [-0.15, -0.1) is 0 Å². The molecule has 2 atom stereocenters. The fourth-order valence-corrected chi connectivity index (χ4v) is 5.99. The number of amides is 1. The summed E-state index contributed by atoms with van der Waals surface area (Å²) in [6, 6.07) is 16.1. The molecule has 0 aliphatic heterocycles. The fourth-order valence-electron chi connectivity index (χ4n) is 4.92. The Kier molecular flexibility index (Phi) is 7.85. The predicted molar refractivity (Wildman–Crippen MR) is 132 cm³/mol. The third-order valence-electron chi connectivity index (χ3n) is 6.31. The lowest BCUT2D eigenvalue weighted by Crippen LogP contribution is -2.54. The van der Waals surface area contributed by atoms with E-state index in [0.29, 0.717) is 6.42 Å². The molecule has 0 saturated heterocycles. The molecule has 0 bridgehead atoms. The third kappa shape index (κ3) is 6.36.